The summed E-state index contributed by atoms with van der Waals surface area (Å²) in [6, 6.07) is 18.2. The first-order chi connectivity index (χ1) is 11.7. The lowest BCUT2D eigenvalue weighted by molar-refractivity contribution is 0.0954. The molecule has 4 nitrogen and oxygen atoms in total. The minimum atomic E-state index is -0.0226. The molecule has 0 aromatic heterocycles. The van der Waals surface area contributed by atoms with Crippen molar-refractivity contribution < 1.29 is 4.79 Å². The minimum Gasteiger partial charge on any atom is -0.367 e. The van der Waals surface area contributed by atoms with Gasteiger partial charge < -0.3 is 15.5 Å². The van der Waals surface area contributed by atoms with Crippen LogP contribution >= 0.6 is 0 Å². The van der Waals surface area contributed by atoms with E-state index in [-0.39, 0.29) is 5.91 Å². The third kappa shape index (κ3) is 5.39. The van der Waals surface area contributed by atoms with E-state index >= 15 is 0 Å². The zero-order chi connectivity index (χ0) is 17.2. The van der Waals surface area contributed by atoms with E-state index in [4.69, 9.17) is 0 Å². The Bertz CT molecular complexity index is 611. The molecule has 0 heterocycles. The molecule has 2 rings (SSSR count). The molecule has 2 aromatic carbocycles. The van der Waals surface area contributed by atoms with Crippen LogP contribution in [0.5, 0.6) is 0 Å². The highest BCUT2D eigenvalue weighted by molar-refractivity contribution is 5.94. The molecule has 0 aliphatic carbocycles. The highest BCUT2D eigenvalue weighted by Crippen LogP contribution is 2.18. The zero-order valence-corrected chi connectivity index (χ0v) is 14.6. The standard InChI is InChI=1S/C20H27N3O/c1-3-21-14-15-22-20(24)18-10-12-19(13-11-18)23(4-2)16-17-8-6-5-7-9-17/h5-13,21H,3-4,14-16H2,1-2H3,(H,22,24). The van der Waals surface area contributed by atoms with E-state index in [2.05, 4.69) is 53.6 Å². The van der Waals surface area contributed by atoms with E-state index in [0.29, 0.717) is 12.1 Å². The molecular formula is C20H27N3O. The molecule has 2 N–H and O–H groups in total. The molecule has 0 saturated carbocycles. The van der Waals surface area contributed by atoms with Gasteiger partial charge >= 0.3 is 0 Å². The molecule has 128 valence electrons. The summed E-state index contributed by atoms with van der Waals surface area (Å²) >= 11 is 0. The minimum absolute atomic E-state index is 0.0226. The summed E-state index contributed by atoms with van der Waals surface area (Å²) < 4.78 is 0. The second kappa shape index (κ2) is 9.73. The van der Waals surface area contributed by atoms with Gasteiger partial charge in [-0.1, -0.05) is 37.3 Å². The van der Waals surface area contributed by atoms with Gasteiger partial charge in [0.1, 0.15) is 0 Å². The monoisotopic (exact) mass is 325 g/mol. The van der Waals surface area contributed by atoms with Crippen LogP contribution in [0.15, 0.2) is 54.6 Å². The van der Waals surface area contributed by atoms with E-state index in [0.717, 1.165) is 31.9 Å². The first-order valence-corrected chi connectivity index (χ1v) is 8.62. The molecular weight excluding hydrogens is 298 g/mol. The first-order valence-electron chi connectivity index (χ1n) is 8.62. The van der Waals surface area contributed by atoms with Crippen LogP contribution in [0, 0.1) is 0 Å². The van der Waals surface area contributed by atoms with E-state index in [1.165, 1.54) is 5.56 Å². The topological polar surface area (TPSA) is 44.4 Å². The summed E-state index contributed by atoms with van der Waals surface area (Å²) in [7, 11) is 0. The Hall–Kier alpha value is -2.33. The summed E-state index contributed by atoms with van der Waals surface area (Å²) in [5.74, 6) is -0.0226. The number of benzene rings is 2. The van der Waals surface area contributed by atoms with Crippen molar-refractivity contribution >= 4 is 11.6 Å². The number of rotatable bonds is 9. The maximum Gasteiger partial charge on any atom is 0.251 e. The van der Waals surface area contributed by atoms with Crippen LogP contribution in [0.1, 0.15) is 29.8 Å². The molecule has 24 heavy (non-hydrogen) atoms. The normalized spacial score (nSPS) is 10.4. The number of carbonyl (C=O) groups excluding carboxylic acids is 1. The molecule has 0 fully saturated rings. The van der Waals surface area contributed by atoms with Gasteiger partial charge in [-0.2, -0.15) is 0 Å². The maximum atomic E-state index is 12.1. The van der Waals surface area contributed by atoms with Crippen molar-refractivity contribution in [2.45, 2.75) is 20.4 Å². The van der Waals surface area contributed by atoms with Crippen molar-refractivity contribution in [2.75, 3.05) is 31.1 Å². The average molecular weight is 325 g/mol. The van der Waals surface area contributed by atoms with Crippen LogP contribution < -0.4 is 15.5 Å². The Morgan fingerprint density at radius 2 is 1.67 bits per heavy atom. The zero-order valence-electron chi connectivity index (χ0n) is 14.6. The third-order valence-electron chi connectivity index (χ3n) is 3.93. The van der Waals surface area contributed by atoms with Crippen LogP contribution in [-0.4, -0.2) is 32.1 Å². The van der Waals surface area contributed by atoms with E-state index in [9.17, 15) is 4.79 Å². The van der Waals surface area contributed by atoms with Gasteiger partial charge in [-0.25, -0.2) is 0 Å². The quantitative estimate of drug-likeness (QED) is 0.697. The van der Waals surface area contributed by atoms with Crippen molar-refractivity contribution in [3.8, 4) is 0 Å². The van der Waals surface area contributed by atoms with Crippen LogP contribution in [0.3, 0.4) is 0 Å². The molecule has 1 amide bonds. The molecule has 0 unspecified atom stereocenters. The Balaban J connectivity index is 1.95. The van der Waals surface area contributed by atoms with Crippen molar-refractivity contribution in [2.24, 2.45) is 0 Å². The number of nitrogens with zero attached hydrogens (tertiary/aromatic N) is 1. The summed E-state index contributed by atoms with van der Waals surface area (Å²) in [4.78, 5) is 14.4. The Kier molecular flexibility index (Phi) is 7.30. The largest absolute Gasteiger partial charge is 0.367 e. The maximum absolute atomic E-state index is 12.1. The third-order valence-corrected chi connectivity index (χ3v) is 3.93. The van der Waals surface area contributed by atoms with Crippen molar-refractivity contribution in [3.05, 3.63) is 65.7 Å². The molecule has 0 radical (unpaired) electrons. The fourth-order valence-corrected chi connectivity index (χ4v) is 2.56. The van der Waals surface area contributed by atoms with E-state index < -0.39 is 0 Å². The van der Waals surface area contributed by atoms with Crippen LogP contribution in [0.4, 0.5) is 5.69 Å². The van der Waals surface area contributed by atoms with Gasteiger partial charge in [-0.15, -0.1) is 0 Å². The first kappa shape index (κ1) is 18.0. The summed E-state index contributed by atoms with van der Waals surface area (Å²) in [6.07, 6.45) is 0. The Morgan fingerprint density at radius 1 is 0.958 bits per heavy atom. The van der Waals surface area contributed by atoms with Gasteiger partial charge in [0.2, 0.25) is 0 Å². The van der Waals surface area contributed by atoms with E-state index in [1.807, 2.05) is 30.3 Å². The predicted molar refractivity (Wildman–Crippen MR) is 100 cm³/mol. The highest BCUT2D eigenvalue weighted by atomic mass is 16.1. The van der Waals surface area contributed by atoms with E-state index in [1.54, 1.807) is 0 Å². The lowest BCUT2D eigenvalue weighted by Gasteiger charge is -2.23. The number of hydrogen-bond donors (Lipinski definition) is 2. The van der Waals surface area contributed by atoms with Gasteiger partial charge in [-0.3, -0.25) is 4.79 Å². The predicted octanol–water partition coefficient (Wildman–Crippen LogP) is 3.05. The average Bonchev–Trinajstić information content (AvgIpc) is 2.64. The molecule has 0 bridgehead atoms. The Morgan fingerprint density at radius 3 is 2.29 bits per heavy atom. The SMILES string of the molecule is CCNCCNC(=O)c1ccc(N(CC)Cc2ccccc2)cc1. The fraction of sp³-hybridized carbons (Fsp3) is 0.350. The number of hydrogen-bond acceptors (Lipinski definition) is 3. The summed E-state index contributed by atoms with van der Waals surface area (Å²) in [6.45, 7) is 8.33. The molecule has 2 aromatic rings. The lowest BCUT2D eigenvalue weighted by Crippen LogP contribution is -2.31. The van der Waals surface area contributed by atoms with Gasteiger partial charge in [0.25, 0.3) is 5.91 Å². The second-order valence-electron chi connectivity index (χ2n) is 5.66. The van der Waals surface area contributed by atoms with Gasteiger partial charge in [0.15, 0.2) is 0 Å². The molecule has 4 heteroatoms. The van der Waals surface area contributed by atoms with Crippen molar-refractivity contribution in [1.82, 2.24) is 10.6 Å². The van der Waals surface area contributed by atoms with Gasteiger partial charge in [0.05, 0.1) is 0 Å². The van der Waals surface area contributed by atoms with Crippen LogP contribution in [0.25, 0.3) is 0 Å². The number of likely N-dealkylation sites (N-methyl/N-ethyl adjacent to an activating group) is 1. The number of nitrogens with one attached hydrogen (secondary N) is 2. The summed E-state index contributed by atoms with van der Waals surface area (Å²) in [5, 5.41) is 6.11. The van der Waals surface area contributed by atoms with Crippen molar-refractivity contribution in [1.29, 1.82) is 0 Å². The lowest BCUT2D eigenvalue weighted by atomic mass is 10.1. The fourth-order valence-electron chi connectivity index (χ4n) is 2.56. The number of carbonyl (C=O) groups is 1. The second-order valence-corrected chi connectivity index (χ2v) is 5.66. The molecule has 0 aliphatic heterocycles. The Labute approximate surface area is 144 Å². The van der Waals surface area contributed by atoms with Gasteiger partial charge in [0, 0.05) is 37.4 Å². The molecule has 0 saturated heterocycles. The van der Waals surface area contributed by atoms with Crippen LogP contribution in [-0.2, 0) is 6.54 Å². The number of amides is 1. The van der Waals surface area contributed by atoms with Crippen molar-refractivity contribution in [3.63, 3.8) is 0 Å². The molecule has 0 atom stereocenters. The number of anilines is 1. The van der Waals surface area contributed by atoms with Gasteiger partial charge in [-0.05, 0) is 43.3 Å². The van der Waals surface area contributed by atoms with Crippen LogP contribution in [0.2, 0.25) is 0 Å². The molecule has 0 spiro atoms. The summed E-state index contributed by atoms with van der Waals surface area (Å²) in [5.41, 5.74) is 3.11. The highest BCUT2D eigenvalue weighted by Gasteiger charge is 2.08. The molecule has 0 aliphatic rings. The smallest absolute Gasteiger partial charge is 0.251 e.